The highest BCUT2D eigenvalue weighted by atomic mass is 35.5. The molecule has 0 aliphatic carbocycles. The first-order valence-electron chi connectivity index (χ1n) is 4.92. The number of hydrogen-bond donors (Lipinski definition) is 1. The van der Waals surface area contributed by atoms with Gasteiger partial charge in [0, 0.05) is 10.6 Å². The van der Waals surface area contributed by atoms with Crippen molar-refractivity contribution in [3.63, 3.8) is 0 Å². The molecule has 1 aromatic heterocycles. The van der Waals surface area contributed by atoms with Gasteiger partial charge in [0.25, 0.3) is 5.82 Å². The number of halogens is 1. The fourth-order valence-corrected chi connectivity index (χ4v) is 1.72. The van der Waals surface area contributed by atoms with E-state index in [9.17, 15) is 5.11 Å². The smallest absolute Gasteiger partial charge is 0.252 e. The van der Waals surface area contributed by atoms with E-state index in [1.54, 1.807) is 24.3 Å². The van der Waals surface area contributed by atoms with Crippen LogP contribution in [-0.2, 0) is 6.54 Å². The Morgan fingerprint density at radius 2 is 2.24 bits per heavy atom. The molecule has 0 saturated heterocycles. The second-order valence-electron chi connectivity index (χ2n) is 3.44. The van der Waals surface area contributed by atoms with E-state index in [2.05, 4.69) is 10.1 Å². The van der Waals surface area contributed by atoms with Crippen LogP contribution in [0, 0.1) is 11.3 Å². The lowest BCUT2D eigenvalue weighted by Gasteiger charge is -2.11. The third-order valence-electron chi connectivity index (χ3n) is 2.26. The van der Waals surface area contributed by atoms with E-state index in [0.29, 0.717) is 10.6 Å². The molecule has 0 aliphatic heterocycles. The molecule has 17 heavy (non-hydrogen) atoms. The van der Waals surface area contributed by atoms with Crippen molar-refractivity contribution < 1.29 is 5.11 Å². The molecule has 2 aromatic rings. The van der Waals surface area contributed by atoms with Gasteiger partial charge in [-0.15, -0.1) is 5.10 Å². The van der Waals surface area contributed by atoms with Crippen LogP contribution in [0.5, 0.6) is 0 Å². The summed E-state index contributed by atoms with van der Waals surface area (Å²) >= 11 is 5.96. The summed E-state index contributed by atoms with van der Waals surface area (Å²) in [6.45, 7) is 0.207. The van der Waals surface area contributed by atoms with Crippen molar-refractivity contribution in [1.82, 2.24) is 14.8 Å². The minimum Gasteiger partial charge on any atom is -0.386 e. The van der Waals surface area contributed by atoms with Crippen LogP contribution >= 0.6 is 11.6 Å². The number of aromatic nitrogens is 3. The van der Waals surface area contributed by atoms with Gasteiger partial charge >= 0.3 is 0 Å². The van der Waals surface area contributed by atoms with Gasteiger partial charge in [-0.05, 0) is 6.07 Å². The van der Waals surface area contributed by atoms with E-state index >= 15 is 0 Å². The Hall–Kier alpha value is -1.90. The average molecular weight is 249 g/mol. The van der Waals surface area contributed by atoms with E-state index in [-0.39, 0.29) is 12.4 Å². The number of rotatable bonds is 3. The first kappa shape index (κ1) is 11.6. The molecular formula is C11H9ClN4O. The molecule has 1 aromatic carbocycles. The van der Waals surface area contributed by atoms with Crippen molar-refractivity contribution in [2.24, 2.45) is 0 Å². The molecule has 1 heterocycles. The summed E-state index contributed by atoms with van der Waals surface area (Å²) in [4.78, 5) is 3.75. The van der Waals surface area contributed by atoms with Gasteiger partial charge in [-0.1, -0.05) is 29.8 Å². The maximum atomic E-state index is 9.98. The maximum absolute atomic E-state index is 9.98. The number of aliphatic hydroxyl groups is 1. The van der Waals surface area contributed by atoms with E-state index in [1.807, 2.05) is 6.07 Å². The number of aliphatic hydroxyl groups excluding tert-OH is 1. The van der Waals surface area contributed by atoms with Crippen LogP contribution in [0.25, 0.3) is 0 Å². The molecule has 1 atom stereocenters. The Labute approximate surface area is 103 Å². The SMILES string of the molecule is N#Cc1ncn(CC(O)c2ccccc2Cl)n1. The zero-order valence-corrected chi connectivity index (χ0v) is 9.54. The molecular weight excluding hydrogens is 240 g/mol. The van der Waals surface area contributed by atoms with Gasteiger partial charge in [0.2, 0.25) is 0 Å². The van der Waals surface area contributed by atoms with Crippen LogP contribution in [-0.4, -0.2) is 19.9 Å². The average Bonchev–Trinajstić information content (AvgIpc) is 2.77. The van der Waals surface area contributed by atoms with Gasteiger partial charge in [0.05, 0.1) is 6.54 Å². The Morgan fingerprint density at radius 1 is 1.47 bits per heavy atom. The van der Waals surface area contributed by atoms with Crippen LogP contribution < -0.4 is 0 Å². The lowest BCUT2D eigenvalue weighted by molar-refractivity contribution is 0.151. The highest BCUT2D eigenvalue weighted by molar-refractivity contribution is 6.31. The molecule has 0 fully saturated rings. The fourth-order valence-electron chi connectivity index (χ4n) is 1.45. The highest BCUT2D eigenvalue weighted by Crippen LogP contribution is 2.23. The van der Waals surface area contributed by atoms with Gasteiger partial charge in [-0.25, -0.2) is 9.67 Å². The molecule has 5 nitrogen and oxygen atoms in total. The van der Waals surface area contributed by atoms with Gasteiger partial charge in [-0.3, -0.25) is 0 Å². The van der Waals surface area contributed by atoms with Crippen molar-refractivity contribution in [3.8, 4) is 6.07 Å². The summed E-state index contributed by atoms with van der Waals surface area (Å²) < 4.78 is 1.41. The van der Waals surface area contributed by atoms with Crippen LogP contribution in [0.15, 0.2) is 30.6 Å². The first-order valence-corrected chi connectivity index (χ1v) is 5.30. The van der Waals surface area contributed by atoms with Crippen molar-refractivity contribution in [2.45, 2.75) is 12.6 Å². The number of hydrogen-bond acceptors (Lipinski definition) is 4. The number of nitrogens with zero attached hydrogens (tertiary/aromatic N) is 4. The van der Waals surface area contributed by atoms with Crippen molar-refractivity contribution in [1.29, 1.82) is 5.26 Å². The largest absolute Gasteiger partial charge is 0.386 e. The third-order valence-corrected chi connectivity index (χ3v) is 2.60. The Morgan fingerprint density at radius 3 is 2.88 bits per heavy atom. The zero-order chi connectivity index (χ0) is 12.3. The van der Waals surface area contributed by atoms with Crippen molar-refractivity contribution in [2.75, 3.05) is 0 Å². The van der Waals surface area contributed by atoms with Crippen LogP contribution in [0.3, 0.4) is 0 Å². The Bertz CT molecular complexity index is 561. The monoisotopic (exact) mass is 248 g/mol. The summed E-state index contributed by atoms with van der Waals surface area (Å²) in [5, 5.41) is 22.9. The number of benzene rings is 1. The highest BCUT2D eigenvalue weighted by Gasteiger charge is 2.12. The van der Waals surface area contributed by atoms with Gasteiger partial charge < -0.3 is 5.11 Å². The second-order valence-corrected chi connectivity index (χ2v) is 3.85. The summed E-state index contributed by atoms with van der Waals surface area (Å²) in [6.07, 6.45) is 0.621. The molecule has 86 valence electrons. The molecule has 6 heteroatoms. The van der Waals surface area contributed by atoms with E-state index < -0.39 is 6.10 Å². The summed E-state index contributed by atoms with van der Waals surface area (Å²) in [7, 11) is 0. The second kappa shape index (κ2) is 4.95. The van der Waals surface area contributed by atoms with Crippen LogP contribution in [0.1, 0.15) is 17.5 Å². The quantitative estimate of drug-likeness (QED) is 0.894. The van der Waals surface area contributed by atoms with Gasteiger partial charge in [0.15, 0.2) is 0 Å². The van der Waals surface area contributed by atoms with Crippen molar-refractivity contribution in [3.05, 3.63) is 47.0 Å². The standard InChI is InChI=1S/C11H9ClN4O/c12-9-4-2-1-3-8(9)10(17)6-16-7-14-11(5-13)15-16/h1-4,7,10,17H,6H2. The predicted octanol–water partition coefficient (Wildman–Crippen LogP) is 1.54. The molecule has 1 unspecified atom stereocenters. The normalized spacial score (nSPS) is 12.1. The molecule has 0 amide bonds. The molecule has 0 radical (unpaired) electrons. The lowest BCUT2D eigenvalue weighted by Crippen LogP contribution is -2.09. The predicted molar refractivity (Wildman–Crippen MR) is 61.1 cm³/mol. The molecule has 0 saturated carbocycles. The molecule has 0 bridgehead atoms. The molecule has 2 rings (SSSR count). The topological polar surface area (TPSA) is 74.7 Å². The Kier molecular flexibility index (Phi) is 3.38. The van der Waals surface area contributed by atoms with E-state index in [0.717, 1.165) is 0 Å². The van der Waals surface area contributed by atoms with E-state index in [4.69, 9.17) is 16.9 Å². The fraction of sp³-hybridized carbons (Fsp3) is 0.182. The molecule has 0 aliphatic rings. The lowest BCUT2D eigenvalue weighted by atomic mass is 10.1. The first-order chi connectivity index (χ1) is 8.20. The molecule has 0 spiro atoms. The molecule has 1 N–H and O–H groups in total. The third kappa shape index (κ3) is 2.61. The summed E-state index contributed by atoms with van der Waals surface area (Å²) in [5.74, 6) is 0.0800. The van der Waals surface area contributed by atoms with Crippen LogP contribution in [0.4, 0.5) is 0 Å². The maximum Gasteiger partial charge on any atom is 0.252 e. The number of nitriles is 1. The summed E-state index contributed by atoms with van der Waals surface area (Å²) in [6, 6.07) is 8.87. The zero-order valence-electron chi connectivity index (χ0n) is 8.79. The minimum absolute atomic E-state index is 0.0800. The summed E-state index contributed by atoms with van der Waals surface area (Å²) in [5.41, 5.74) is 0.628. The van der Waals surface area contributed by atoms with Crippen LogP contribution in [0.2, 0.25) is 5.02 Å². The van der Waals surface area contributed by atoms with Gasteiger partial charge in [0.1, 0.15) is 18.5 Å². The Balaban J connectivity index is 2.14. The van der Waals surface area contributed by atoms with E-state index in [1.165, 1.54) is 11.0 Å². The van der Waals surface area contributed by atoms with Crippen molar-refractivity contribution >= 4 is 11.6 Å². The van der Waals surface area contributed by atoms with Gasteiger partial charge in [-0.2, -0.15) is 5.26 Å². The minimum atomic E-state index is -0.781.